The highest BCUT2D eigenvalue weighted by atomic mass is 16.3. The van der Waals surface area contributed by atoms with Crippen LogP contribution in [-0.2, 0) is 10.4 Å². The van der Waals surface area contributed by atoms with Crippen molar-refractivity contribution in [2.75, 3.05) is 32.1 Å². The van der Waals surface area contributed by atoms with Gasteiger partial charge < -0.3 is 14.9 Å². The van der Waals surface area contributed by atoms with Gasteiger partial charge in [0.15, 0.2) is 0 Å². The van der Waals surface area contributed by atoms with Crippen molar-refractivity contribution >= 4 is 17.9 Å². The van der Waals surface area contributed by atoms with Gasteiger partial charge in [-0.2, -0.15) is 0 Å². The van der Waals surface area contributed by atoms with Crippen LogP contribution >= 0.6 is 0 Å². The van der Waals surface area contributed by atoms with Crippen molar-refractivity contribution in [1.82, 2.24) is 14.9 Å². The van der Waals surface area contributed by atoms with Gasteiger partial charge in [-0.05, 0) is 24.5 Å². The number of carbonyl (C=O) groups is 1. The van der Waals surface area contributed by atoms with E-state index in [1.54, 1.807) is 29.4 Å². The SMILES string of the molecule is CN(C)c1ncc(/C=C/C(=O)N2CCC(O)(c3ccccc3)CC2)cn1. The first-order valence-electron chi connectivity index (χ1n) is 8.72. The topological polar surface area (TPSA) is 69.6 Å². The van der Waals surface area contributed by atoms with Gasteiger partial charge in [0.2, 0.25) is 11.9 Å². The first kappa shape index (κ1) is 18.1. The highest BCUT2D eigenvalue weighted by Crippen LogP contribution is 2.32. The maximum absolute atomic E-state index is 12.4. The van der Waals surface area contributed by atoms with Gasteiger partial charge in [-0.25, -0.2) is 9.97 Å². The van der Waals surface area contributed by atoms with Crippen molar-refractivity contribution in [3.8, 4) is 0 Å². The predicted octanol–water partition coefficient (Wildman–Crippen LogP) is 2.07. The van der Waals surface area contributed by atoms with E-state index in [1.165, 1.54) is 0 Å². The Morgan fingerprint density at radius 3 is 2.35 bits per heavy atom. The van der Waals surface area contributed by atoms with Gasteiger partial charge in [-0.15, -0.1) is 0 Å². The fraction of sp³-hybridized carbons (Fsp3) is 0.350. The smallest absolute Gasteiger partial charge is 0.246 e. The second-order valence-corrected chi connectivity index (χ2v) is 6.77. The van der Waals surface area contributed by atoms with Gasteiger partial charge in [-0.3, -0.25) is 4.79 Å². The van der Waals surface area contributed by atoms with Crippen LogP contribution in [0.5, 0.6) is 0 Å². The summed E-state index contributed by atoms with van der Waals surface area (Å²) in [7, 11) is 3.75. The van der Waals surface area contributed by atoms with E-state index in [4.69, 9.17) is 0 Å². The molecule has 0 saturated carbocycles. The summed E-state index contributed by atoms with van der Waals surface area (Å²) in [5.74, 6) is 0.571. The van der Waals surface area contributed by atoms with E-state index < -0.39 is 5.60 Å². The lowest BCUT2D eigenvalue weighted by Gasteiger charge is -2.38. The van der Waals surface area contributed by atoms with Crippen molar-refractivity contribution in [2.24, 2.45) is 0 Å². The molecule has 1 amide bonds. The molecular formula is C20H24N4O2. The van der Waals surface area contributed by atoms with Crippen LogP contribution in [0.4, 0.5) is 5.95 Å². The molecular weight excluding hydrogens is 328 g/mol. The largest absolute Gasteiger partial charge is 0.385 e. The first-order chi connectivity index (χ1) is 12.5. The van der Waals surface area contributed by atoms with Crippen LogP contribution < -0.4 is 4.90 Å². The predicted molar refractivity (Wildman–Crippen MR) is 102 cm³/mol. The molecule has 136 valence electrons. The molecule has 0 atom stereocenters. The van der Waals surface area contributed by atoms with E-state index in [-0.39, 0.29) is 5.91 Å². The van der Waals surface area contributed by atoms with Crippen molar-refractivity contribution < 1.29 is 9.90 Å². The summed E-state index contributed by atoms with van der Waals surface area (Å²) in [4.78, 5) is 24.4. The highest BCUT2D eigenvalue weighted by Gasteiger charge is 2.34. The Hall–Kier alpha value is -2.73. The maximum atomic E-state index is 12.4. The number of anilines is 1. The first-order valence-corrected chi connectivity index (χ1v) is 8.72. The molecule has 1 N–H and O–H groups in total. The van der Waals surface area contributed by atoms with Crippen molar-refractivity contribution in [3.05, 3.63) is 59.9 Å². The zero-order valence-electron chi connectivity index (χ0n) is 15.2. The molecule has 0 radical (unpaired) electrons. The number of aromatic nitrogens is 2. The minimum absolute atomic E-state index is 0.0585. The lowest BCUT2D eigenvalue weighted by Crippen LogP contribution is -2.44. The number of nitrogens with zero attached hydrogens (tertiary/aromatic N) is 4. The molecule has 1 fully saturated rings. The summed E-state index contributed by atoms with van der Waals surface area (Å²) in [6, 6.07) is 9.67. The zero-order chi connectivity index (χ0) is 18.6. The number of likely N-dealkylation sites (tertiary alicyclic amines) is 1. The zero-order valence-corrected chi connectivity index (χ0v) is 15.2. The molecule has 1 aromatic heterocycles. The number of hydrogen-bond acceptors (Lipinski definition) is 5. The molecule has 1 saturated heterocycles. The minimum atomic E-state index is -0.850. The molecule has 1 aliphatic rings. The van der Waals surface area contributed by atoms with Crippen LogP contribution in [0, 0.1) is 0 Å². The van der Waals surface area contributed by atoms with Crippen LogP contribution in [0.2, 0.25) is 0 Å². The number of hydrogen-bond donors (Lipinski definition) is 1. The lowest BCUT2D eigenvalue weighted by atomic mass is 9.84. The van der Waals surface area contributed by atoms with Crippen molar-refractivity contribution in [3.63, 3.8) is 0 Å². The van der Waals surface area contributed by atoms with E-state index in [1.807, 2.05) is 49.3 Å². The minimum Gasteiger partial charge on any atom is -0.385 e. The van der Waals surface area contributed by atoms with E-state index in [9.17, 15) is 9.90 Å². The third kappa shape index (κ3) is 4.08. The van der Waals surface area contributed by atoms with Crippen molar-refractivity contribution in [2.45, 2.75) is 18.4 Å². The molecule has 26 heavy (non-hydrogen) atoms. The Labute approximate surface area is 153 Å². The monoisotopic (exact) mass is 352 g/mol. The quantitative estimate of drug-likeness (QED) is 0.853. The molecule has 0 bridgehead atoms. The molecule has 2 aromatic rings. The third-order valence-electron chi connectivity index (χ3n) is 4.69. The average Bonchev–Trinajstić information content (AvgIpc) is 2.67. The Kier molecular flexibility index (Phi) is 5.32. The highest BCUT2D eigenvalue weighted by molar-refractivity contribution is 5.91. The van der Waals surface area contributed by atoms with Gasteiger partial charge in [0.25, 0.3) is 0 Å². The van der Waals surface area contributed by atoms with E-state index in [0.717, 1.165) is 11.1 Å². The van der Waals surface area contributed by atoms with E-state index in [0.29, 0.717) is 31.9 Å². The Balaban J connectivity index is 1.58. The fourth-order valence-electron chi connectivity index (χ4n) is 3.06. The maximum Gasteiger partial charge on any atom is 0.246 e. The summed E-state index contributed by atoms with van der Waals surface area (Å²) in [5, 5.41) is 10.8. The van der Waals surface area contributed by atoms with Crippen LogP contribution in [0.15, 0.2) is 48.8 Å². The van der Waals surface area contributed by atoms with Gasteiger partial charge in [-0.1, -0.05) is 30.3 Å². The van der Waals surface area contributed by atoms with Gasteiger partial charge >= 0.3 is 0 Å². The fourth-order valence-corrected chi connectivity index (χ4v) is 3.06. The molecule has 1 aliphatic heterocycles. The molecule has 0 spiro atoms. The summed E-state index contributed by atoms with van der Waals surface area (Å²) < 4.78 is 0. The Morgan fingerprint density at radius 2 is 1.77 bits per heavy atom. The number of rotatable bonds is 4. The number of piperidine rings is 1. The Bertz CT molecular complexity index is 764. The molecule has 0 unspecified atom stereocenters. The third-order valence-corrected chi connectivity index (χ3v) is 4.69. The van der Waals surface area contributed by atoms with Gasteiger partial charge in [0.1, 0.15) is 0 Å². The molecule has 1 aromatic carbocycles. The van der Waals surface area contributed by atoms with Crippen molar-refractivity contribution in [1.29, 1.82) is 0 Å². The number of aliphatic hydroxyl groups is 1. The van der Waals surface area contributed by atoms with Crippen LogP contribution in [-0.4, -0.2) is 53.1 Å². The number of carbonyl (C=O) groups excluding carboxylic acids is 1. The normalized spacial score (nSPS) is 16.7. The van der Waals surface area contributed by atoms with Gasteiger partial charge in [0, 0.05) is 51.2 Å². The van der Waals surface area contributed by atoms with Crippen LogP contribution in [0.25, 0.3) is 6.08 Å². The number of benzene rings is 1. The molecule has 0 aliphatic carbocycles. The van der Waals surface area contributed by atoms with Crippen LogP contribution in [0.3, 0.4) is 0 Å². The molecule has 2 heterocycles. The molecule has 6 nitrogen and oxygen atoms in total. The summed E-state index contributed by atoms with van der Waals surface area (Å²) >= 11 is 0. The van der Waals surface area contributed by atoms with Crippen LogP contribution in [0.1, 0.15) is 24.0 Å². The second kappa shape index (κ2) is 7.66. The summed E-state index contributed by atoms with van der Waals surface area (Å²) in [6.07, 6.45) is 7.72. The summed E-state index contributed by atoms with van der Waals surface area (Å²) in [6.45, 7) is 1.06. The van der Waals surface area contributed by atoms with E-state index >= 15 is 0 Å². The van der Waals surface area contributed by atoms with E-state index in [2.05, 4.69) is 9.97 Å². The second-order valence-electron chi connectivity index (χ2n) is 6.77. The lowest BCUT2D eigenvalue weighted by molar-refractivity contribution is -0.130. The standard InChI is InChI=1S/C20H24N4O2/c1-23(2)19-21-14-16(15-22-19)8-9-18(25)24-12-10-20(26,11-13-24)17-6-4-3-5-7-17/h3-9,14-15,26H,10-13H2,1-2H3/b9-8+. The Morgan fingerprint density at radius 1 is 1.15 bits per heavy atom. The average molecular weight is 352 g/mol. The van der Waals surface area contributed by atoms with Gasteiger partial charge in [0.05, 0.1) is 5.60 Å². The molecule has 3 rings (SSSR count). The molecule has 6 heteroatoms. The summed E-state index contributed by atoms with van der Waals surface area (Å²) in [5.41, 5.74) is 0.847. The number of amides is 1.